The Morgan fingerprint density at radius 3 is 2.75 bits per heavy atom. The molecule has 66 valence electrons. The van der Waals surface area contributed by atoms with Crippen LogP contribution in [0.1, 0.15) is 25.5 Å². The second-order valence-electron chi connectivity index (χ2n) is 3.48. The second-order valence-corrected chi connectivity index (χ2v) is 4.26. The molecule has 0 aromatic carbocycles. The molecule has 0 aliphatic carbocycles. The minimum Gasteiger partial charge on any atom is -0.387 e. The Bertz CT molecular complexity index is 249. The van der Waals surface area contributed by atoms with Crippen LogP contribution in [0.2, 0.25) is 0 Å². The summed E-state index contributed by atoms with van der Waals surface area (Å²) >= 11 is 1.60. The Kier molecular flexibility index (Phi) is 2.70. The van der Waals surface area contributed by atoms with Crippen molar-refractivity contribution in [2.24, 2.45) is 5.41 Å². The van der Waals surface area contributed by atoms with Gasteiger partial charge < -0.3 is 5.11 Å². The van der Waals surface area contributed by atoms with Crippen molar-refractivity contribution in [3.05, 3.63) is 35.0 Å². The van der Waals surface area contributed by atoms with Crippen molar-refractivity contribution >= 4 is 11.3 Å². The zero-order chi connectivity index (χ0) is 9.19. The van der Waals surface area contributed by atoms with E-state index in [0.29, 0.717) is 0 Å². The van der Waals surface area contributed by atoms with E-state index in [4.69, 9.17) is 0 Å². The molecule has 2 heteroatoms. The van der Waals surface area contributed by atoms with Gasteiger partial charge in [-0.15, -0.1) is 6.58 Å². The molecule has 0 bridgehead atoms. The predicted octanol–water partition coefficient (Wildman–Crippen LogP) is 2.99. The quantitative estimate of drug-likeness (QED) is 0.712. The van der Waals surface area contributed by atoms with Crippen LogP contribution in [-0.4, -0.2) is 5.11 Å². The topological polar surface area (TPSA) is 20.2 Å². The Morgan fingerprint density at radius 1 is 1.67 bits per heavy atom. The van der Waals surface area contributed by atoms with Crippen LogP contribution in [0, 0.1) is 5.41 Å². The van der Waals surface area contributed by atoms with E-state index in [2.05, 4.69) is 6.58 Å². The number of aliphatic hydroxyl groups excluding tert-OH is 1. The average Bonchev–Trinajstić information content (AvgIpc) is 2.55. The van der Waals surface area contributed by atoms with Crippen LogP contribution < -0.4 is 0 Å². The first kappa shape index (κ1) is 9.49. The highest BCUT2D eigenvalue weighted by molar-refractivity contribution is 7.07. The van der Waals surface area contributed by atoms with Crippen LogP contribution >= 0.6 is 11.3 Å². The maximum atomic E-state index is 9.87. The highest BCUT2D eigenvalue weighted by Crippen LogP contribution is 2.34. The highest BCUT2D eigenvalue weighted by atomic mass is 32.1. The van der Waals surface area contributed by atoms with Crippen LogP contribution in [0.3, 0.4) is 0 Å². The van der Waals surface area contributed by atoms with Crippen LogP contribution in [-0.2, 0) is 0 Å². The summed E-state index contributed by atoms with van der Waals surface area (Å²) in [5.41, 5.74) is 0.728. The molecular weight excluding hydrogens is 168 g/mol. The Hall–Kier alpha value is -0.600. The molecule has 0 aliphatic heterocycles. The summed E-state index contributed by atoms with van der Waals surface area (Å²) in [6.07, 6.45) is 1.34. The number of rotatable bonds is 3. The molecule has 0 spiro atoms. The van der Waals surface area contributed by atoms with Gasteiger partial charge in [0.1, 0.15) is 0 Å². The van der Waals surface area contributed by atoms with Crippen molar-refractivity contribution in [3.8, 4) is 0 Å². The third kappa shape index (κ3) is 1.76. The van der Waals surface area contributed by atoms with Crippen molar-refractivity contribution in [2.45, 2.75) is 20.0 Å². The monoisotopic (exact) mass is 182 g/mol. The van der Waals surface area contributed by atoms with Gasteiger partial charge in [-0.25, -0.2) is 0 Å². The van der Waals surface area contributed by atoms with E-state index in [0.717, 1.165) is 5.56 Å². The highest BCUT2D eigenvalue weighted by Gasteiger charge is 2.25. The largest absolute Gasteiger partial charge is 0.387 e. The van der Waals surface area contributed by atoms with Crippen LogP contribution in [0.25, 0.3) is 0 Å². The molecule has 12 heavy (non-hydrogen) atoms. The summed E-state index contributed by atoms with van der Waals surface area (Å²) in [5, 5.41) is 13.8. The van der Waals surface area contributed by atoms with E-state index in [1.807, 2.05) is 30.7 Å². The molecule has 0 aliphatic rings. The molecule has 1 aromatic rings. The van der Waals surface area contributed by atoms with Gasteiger partial charge in [0.2, 0.25) is 0 Å². The zero-order valence-corrected chi connectivity index (χ0v) is 8.27. The number of hydrogen-bond acceptors (Lipinski definition) is 2. The molecule has 0 saturated heterocycles. The minimum absolute atomic E-state index is 0.249. The third-order valence-electron chi connectivity index (χ3n) is 2.09. The van der Waals surface area contributed by atoms with E-state index in [1.165, 1.54) is 0 Å². The lowest BCUT2D eigenvalue weighted by Crippen LogP contribution is -2.18. The van der Waals surface area contributed by atoms with E-state index in [-0.39, 0.29) is 5.41 Å². The van der Waals surface area contributed by atoms with Gasteiger partial charge in [0.25, 0.3) is 0 Å². The molecule has 0 saturated carbocycles. The summed E-state index contributed by atoms with van der Waals surface area (Å²) in [5.74, 6) is 0. The Balaban J connectivity index is 2.85. The summed E-state index contributed by atoms with van der Waals surface area (Å²) in [6.45, 7) is 7.66. The fraction of sp³-hybridized carbons (Fsp3) is 0.400. The van der Waals surface area contributed by atoms with Gasteiger partial charge >= 0.3 is 0 Å². The predicted molar refractivity (Wildman–Crippen MR) is 53.3 cm³/mol. The average molecular weight is 182 g/mol. The first-order valence-corrected chi connectivity index (χ1v) is 4.86. The van der Waals surface area contributed by atoms with Crippen LogP contribution in [0.4, 0.5) is 0 Å². The van der Waals surface area contributed by atoms with Gasteiger partial charge in [-0.2, -0.15) is 11.3 Å². The fourth-order valence-corrected chi connectivity index (χ4v) is 1.65. The summed E-state index contributed by atoms with van der Waals surface area (Å²) in [7, 11) is 0. The molecule has 1 unspecified atom stereocenters. The second kappa shape index (κ2) is 3.42. The molecule has 1 atom stereocenters. The minimum atomic E-state index is -0.443. The molecular formula is C10H14OS. The molecule has 1 aromatic heterocycles. The lowest BCUT2D eigenvalue weighted by atomic mass is 9.84. The van der Waals surface area contributed by atoms with Gasteiger partial charge in [-0.1, -0.05) is 19.9 Å². The molecule has 1 N–H and O–H groups in total. The third-order valence-corrected chi connectivity index (χ3v) is 2.79. The summed E-state index contributed by atoms with van der Waals surface area (Å²) in [4.78, 5) is 0. The van der Waals surface area contributed by atoms with Crippen molar-refractivity contribution in [3.63, 3.8) is 0 Å². The molecule has 0 fully saturated rings. The van der Waals surface area contributed by atoms with Crippen molar-refractivity contribution < 1.29 is 5.11 Å². The number of hydrogen-bond donors (Lipinski definition) is 1. The summed E-state index contributed by atoms with van der Waals surface area (Å²) in [6, 6.07) is 1.95. The molecule has 1 nitrogen and oxygen atoms in total. The van der Waals surface area contributed by atoms with E-state index >= 15 is 0 Å². The number of thiophene rings is 1. The van der Waals surface area contributed by atoms with Gasteiger partial charge in [-0.05, 0) is 22.4 Å². The van der Waals surface area contributed by atoms with Gasteiger partial charge in [0.05, 0.1) is 6.10 Å². The van der Waals surface area contributed by atoms with Gasteiger partial charge in [0, 0.05) is 5.41 Å². The van der Waals surface area contributed by atoms with Crippen LogP contribution in [0.15, 0.2) is 29.5 Å². The first-order valence-electron chi connectivity index (χ1n) is 3.91. The normalized spacial score (nSPS) is 14.2. The molecule has 1 rings (SSSR count). The lowest BCUT2D eigenvalue weighted by Gasteiger charge is -2.26. The van der Waals surface area contributed by atoms with E-state index in [9.17, 15) is 5.11 Å². The molecule has 0 radical (unpaired) electrons. The van der Waals surface area contributed by atoms with Crippen molar-refractivity contribution in [1.82, 2.24) is 0 Å². The Morgan fingerprint density at radius 2 is 2.33 bits per heavy atom. The van der Waals surface area contributed by atoms with Gasteiger partial charge in [0.15, 0.2) is 0 Å². The lowest BCUT2D eigenvalue weighted by molar-refractivity contribution is 0.0826. The van der Waals surface area contributed by atoms with Gasteiger partial charge in [-0.3, -0.25) is 0 Å². The Labute approximate surface area is 77.4 Å². The maximum Gasteiger partial charge on any atom is 0.0883 e. The van der Waals surface area contributed by atoms with E-state index in [1.54, 1.807) is 17.4 Å². The molecule has 1 heterocycles. The van der Waals surface area contributed by atoms with Crippen molar-refractivity contribution in [2.75, 3.05) is 0 Å². The smallest absolute Gasteiger partial charge is 0.0883 e. The molecule has 0 amide bonds. The van der Waals surface area contributed by atoms with Crippen LogP contribution in [0.5, 0.6) is 0 Å². The standard InChI is InChI=1S/C10H14OS/c1-4-10(2,3)9(11)8-5-6-12-7-8/h4-7,9,11H,1H2,2-3H3. The van der Waals surface area contributed by atoms with Crippen molar-refractivity contribution in [1.29, 1.82) is 0 Å². The fourth-order valence-electron chi connectivity index (χ4n) is 0.972. The first-order chi connectivity index (χ1) is 5.58. The van der Waals surface area contributed by atoms with E-state index < -0.39 is 6.10 Å². The number of aliphatic hydroxyl groups is 1. The maximum absolute atomic E-state index is 9.87. The summed E-state index contributed by atoms with van der Waals surface area (Å²) < 4.78 is 0. The SMILES string of the molecule is C=CC(C)(C)C(O)c1ccsc1. The zero-order valence-electron chi connectivity index (χ0n) is 7.45.